The Labute approximate surface area is 143 Å². The van der Waals surface area contributed by atoms with Gasteiger partial charge in [-0.3, -0.25) is 4.79 Å². The first-order chi connectivity index (χ1) is 11.6. The van der Waals surface area contributed by atoms with E-state index in [1.54, 1.807) is 19.9 Å². The molecule has 128 valence electrons. The average molecular weight is 328 g/mol. The molecule has 0 saturated carbocycles. The third kappa shape index (κ3) is 5.28. The highest BCUT2D eigenvalue weighted by Crippen LogP contribution is 2.29. The summed E-state index contributed by atoms with van der Waals surface area (Å²) in [6.07, 6.45) is 0. The summed E-state index contributed by atoms with van der Waals surface area (Å²) in [5.74, 6) is 0.573. The number of carbonyl (C=O) groups is 1. The van der Waals surface area contributed by atoms with Crippen LogP contribution in [0.25, 0.3) is 0 Å². The molecule has 2 rings (SSSR count). The summed E-state index contributed by atoms with van der Waals surface area (Å²) in [6, 6.07) is 15.4. The number of hydrogen-bond acceptors (Lipinski definition) is 5. The lowest BCUT2D eigenvalue weighted by atomic mass is 10.2. The van der Waals surface area contributed by atoms with Crippen molar-refractivity contribution in [3.05, 3.63) is 54.1 Å². The van der Waals surface area contributed by atoms with Crippen molar-refractivity contribution in [1.29, 1.82) is 0 Å². The molecule has 0 fully saturated rings. The van der Waals surface area contributed by atoms with E-state index in [2.05, 4.69) is 10.9 Å². The average Bonchev–Trinajstić information content (AvgIpc) is 2.58. The minimum Gasteiger partial charge on any atom is -0.490 e. The van der Waals surface area contributed by atoms with Crippen LogP contribution >= 0.6 is 0 Å². The molecule has 0 saturated heterocycles. The van der Waals surface area contributed by atoms with Crippen LogP contribution in [0.5, 0.6) is 11.5 Å². The van der Waals surface area contributed by atoms with Crippen molar-refractivity contribution in [2.75, 3.05) is 12.0 Å². The summed E-state index contributed by atoms with van der Waals surface area (Å²) in [4.78, 5) is 11.8. The molecule has 5 nitrogen and oxygen atoms in total. The third-order valence-electron chi connectivity index (χ3n) is 3.29. The van der Waals surface area contributed by atoms with Gasteiger partial charge in [0.25, 0.3) is 0 Å². The Bertz CT molecular complexity index is 657. The van der Waals surface area contributed by atoms with Crippen LogP contribution in [0.15, 0.2) is 48.5 Å². The van der Waals surface area contributed by atoms with E-state index in [0.717, 1.165) is 11.3 Å². The van der Waals surface area contributed by atoms with Crippen LogP contribution in [-0.4, -0.2) is 12.6 Å². The second-order valence-electron chi connectivity index (χ2n) is 5.63. The monoisotopic (exact) mass is 328 g/mol. The van der Waals surface area contributed by atoms with Crippen LogP contribution in [0.1, 0.15) is 26.3 Å². The van der Waals surface area contributed by atoms with Crippen molar-refractivity contribution in [2.24, 2.45) is 5.92 Å². The minimum absolute atomic E-state index is 0.184. The SMILES string of the molecule is CCOc1cc(CNNc2ccccc2)ccc1OC(=O)C(C)C. The molecule has 0 amide bonds. The van der Waals surface area contributed by atoms with E-state index in [1.165, 1.54) is 0 Å². The van der Waals surface area contributed by atoms with Gasteiger partial charge >= 0.3 is 5.97 Å². The topological polar surface area (TPSA) is 59.6 Å². The minimum atomic E-state index is -0.271. The van der Waals surface area contributed by atoms with E-state index in [-0.39, 0.29) is 11.9 Å². The van der Waals surface area contributed by atoms with Gasteiger partial charge in [-0.25, -0.2) is 5.43 Å². The van der Waals surface area contributed by atoms with Gasteiger partial charge in [0.2, 0.25) is 0 Å². The number of ether oxygens (including phenoxy) is 2. The van der Waals surface area contributed by atoms with Crippen LogP contribution in [0, 0.1) is 5.92 Å². The number of hydrazine groups is 1. The molecular formula is C19H24N2O3. The summed E-state index contributed by atoms with van der Waals surface area (Å²) >= 11 is 0. The summed E-state index contributed by atoms with van der Waals surface area (Å²) in [5, 5.41) is 0. The molecule has 0 spiro atoms. The maximum atomic E-state index is 11.8. The highest BCUT2D eigenvalue weighted by atomic mass is 16.6. The van der Waals surface area contributed by atoms with Crippen LogP contribution in [-0.2, 0) is 11.3 Å². The molecule has 24 heavy (non-hydrogen) atoms. The van der Waals surface area contributed by atoms with E-state index >= 15 is 0 Å². The van der Waals surface area contributed by atoms with Crippen molar-refractivity contribution in [2.45, 2.75) is 27.3 Å². The number of carbonyl (C=O) groups excluding carboxylic acids is 1. The highest BCUT2D eigenvalue weighted by molar-refractivity contribution is 5.75. The quantitative estimate of drug-likeness (QED) is 0.439. The Morgan fingerprint density at radius 3 is 2.50 bits per heavy atom. The smallest absolute Gasteiger partial charge is 0.313 e. The summed E-state index contributed by atoms with van der Waals surface area (Å²) in [5.41, 5.74) is 8.29. The predicted octanol–water partition coefficient (Wildman–Crippen LogP) is 3.76. The predicted molar refractivity (Wildman–Crippen MR) is 95.0 cm³/mol. The summed E-state index contributed by atoms with van der Waals surface area (Å²) < 4.78 is 11.0. The molecule has 0 heterocycles. The molecule has 0 aliphatic carbocycles. The number of hydrogen-bond donors (Lipinski definition) is 2. The van der Waals surface area contributed by atoms with Gasteiger partial charge in [-0.2, -0.15) is 0 Å². The summed E-state index contributed by atoms with van der Waals surface area (Å²) in [7, 11) is 0. The van der Waals surface area contributed by atoms with Gasteiger partial charge in [-0.1, -0.05) is 38.1 Å². The molecule has 0 atom stereocenters. The lowest BCUT2D eigenvalue weighted by molar-refractivity contribution is -0.137. The Morgan fingerprint density at radius 2 is 1.83 bits per heavy atom. The van der Waals surface area contributed by atoms with E-state index in [0.29, 0.717) is 24.7 Å². The number of para-hydroxylation sites is 1. The van der Waals surface area contributed by atoms with E-state index in [1.807, 2.05) is 49.4 Å². The van der Waals surface area contributed by atoms with Crippen LogP contribution in [0.2, 0.25) is 0 Å². The first-order valence-electron chi connectivity index (χ1n) is 8.11. The first-order valence-corrected chi connectivity index (χ1v) is 8.11. The fourth-order valence-electron chi connectivity index (χ4n) is 2.01. The third-order valence-corrected chi connectivity index (χ3v) is 3.29. The van der Waals surface area contributed by atoms with Gasteiger partial charge in [-0.15, -0.1) is 0 Å². The lowest BCUT2D eigenvalue weighted by Crippen LogP contribution is -2.21. The van der Waals surface area contributed by atoms with Crippen molar-refractivity contribution < 1.29 is 14.3 Å². The van der Waals surface area contributed by atoms with Gasteiger partial charge in [0, 0.05) is 12.2 Å². The molecule has 0 bridgehead atoms. The number of anilines is 1. The van der Waals surface area contributed by atoms with Gasteiger partial charge < -0.3 is 14.9 Å². The van der Waals surface area contributed by atoms with Crippen LogP contribution < -0.4 is 20.3 Å². The number of rotatable bonds is 8. The Kier molecular flexibility index (Phi) is 6.63. The molecule has 5 heteroatoms. The van der Waals surface area contributed by atoms with Gasteiger partial charge in [0.1, 0.15) is 0 Å². The zero-order chi connectivity index (χ0) is 17.4. The highest BCUT2D eigenvalue weighted by Gasteiger charge is 2.14. The zero-order valence-corrected chi connectivity index (χ0v) is 14.3. The Balaban J connectivity index is 2.00. The Hall–Kier alpha value is -2.53. The van der Waals surface area contributed by atoms with Crippen molar-refractivity contribution >= 4 is 11.7 Å². The molecular weight excluding hydrogens is 304 g/mol. The normalized spacial score (nSPS) is 10.5. The Morgan fingerprint density at radius 1 is 1.08 bits per heavy atom. The van der Waals surface area contributed by atoms with Crippen molar-refractivity contribution in [3.63, 3.8) is 0 Å². The van der Waals surface area contributed by atoms with E-state index < -0.39 is 0 Å². The molecule has 0 aromatic heterocycles. The number of nitrogens with one attached hydrogen (secondary N) is 2. The van der Waals surface area contributed by atoms with Crippen LogP contribution in [0.4, 0.5) is 5.69 Å². The van der Waals surface area contributed by atoms with E-state index in [9.17, 15) is 4.79 Å². The van der Waals surface area contributed by atoms with Gasteiger partial charge in [-0.05, 0) is 36.8 Å². The molecule has 2 aromatic carbocycles. The van der Waals surface area contributed by atoms with Gasteiger partial charge in [0.05, 0.1) is 12.5 Å². The second-order valence-corrected chi connectivity index (χ2v) is 5.63. The molecule has 2 N–H and O–H groups in total. The number of benzene rings is 2. The fraction of sp³-hybridized carbons (Fsp3) is 0.316. The zero-order valence-electron chi connectivity index (χ0n) is 14.3. The maximum absolute atomic E-state index is 11.8. The molecule has 0 unspecified atom stereocenters. The fourth-order valence-corrected chi connectivity index (χ4v) is 2.01. The largest absolute Gasteiger partial charge is 0.490 e. The van der Waals surface area contributed by atoms with Gasteiger partial charge in [0.15, 0.2) is 11.5 Å². The molecule has 2 aromatic rings. The standard InChI is InChI=1S/C19H24N2O3/c1-4-23-18-12-15(10-11-17(18)24-19(22)14(2)3)13-20-21-16-8-6-5-7-9-16/h5-12,14,20-21H,4,13H2,1-3H3. The van der Waals surface area contributed by atoms with Crippen molar-refractivity contribution in [3.8, 4) is 11.5 Å². The molecule has 0 aliphatic heterocycles. The number of esters is 1. The summed E-state index contributed by atoms with van der Waals surface area (Å²) in [6.45, 7) is 6.61. The maximum Gasteiger partial charge on any atom is 0.313 e. The molecule has 0 aliphatic rings. The second kappa shape index (κ2) is 8.93. The van der Waals surface area contributed by atoms with E-state index in [4.69, 9.17) is 9.47 Å². The first kappa shape index (κ1) is 17.8. The molecule has 0 radical (unpaired) electrons. The van der Waals surface area contributed by atoms with Crippen LogP contribution in [0.3, 0.4) is 0 Å². The lowest BCUT2D eigenvalue weighted by Gasteiger charge is -2.14. The van der Waals surface area contributed by atoms with Crippen molar-refractivity contribution in [1.82, 2.24) is 5.43 Å².